The Hall–Kier alpha value is -5.71. The zero-order chi connectivity index (χ0) is 48.4. The molecule has 0 spiro atoms. The van der Waals surface area contributed by atoms with Crippen molar-refractivity contribution >= 4 is 52.2 Å². The van der Waals surface area contributed by atoms with Gasteiger partial charge in [-0.25, -0.2) is 29.1 Å². The number of likely N-dealkylation sites (N-methyl/N-ethyl adjacent to an activating group) is 1. The van der Waals surface area contributed by atoms with Gasteiger partial charge in [-0.05, 0) is 99.3 Å². The fourth-order valence-electron chi connectivity index (χ4n) is 9.00. The quantitative estimate of drug-likeness (QED) is 0.122. The summed E-state index contributed by atoms with van der Waals surface area (Å²) in [4.78, 5) is 52.8. The number of carboxylic acids is 1. The van der Waals surface area contributed by atoms with Crippen LogP contribution >= 0.6 is 30.1 Å². The normalized spacial score (nSPS) is 19.2. The molecule has 10 rings (SSSR count). The van der Waals surface area contributed by atoms with Gasteiger partial charge >= 0.3 is 5.97 Å². The molecule has 19 heteroatoms. The zero-order valence-corrected chi connectivity index (χ0v) is 41.4. The molecule has 2 saturated heterocycles. The van der Waals surface area contributed by atoms with Crippen molar-refractivity contribution in [3.05, 3.63) is 107 Å². The summed E-state index contributed by atoms with van der Waals surface area (Å²) in [6.45, 7) is 10.1. The van der Waals surface area contributed by atoms with E-state index in [-0.39, 0.29) is 49.7 Å². The maximum atomic E-state index is 14.3. The number of piperazine rings is 1. The van der Waals surface area contributed by atoms with Crippen LogP contribution in [-0.4, -0.2) is 136 Å². The van der Waals surface area contributed by atoms with Crippen molar-refractivity contribution in [1.29, 1.82) is 0 Å². The Balaban J connectivity index is 1.08. The molecule has 6 aromatic rings. The standard InChI is InChI=1S/C50H54ClFN7O8PS/c1-30-37-12-14-40(45(30)51)66-36(26-58-21-19-57(2)20-22-58)28-64-35-11-13-39(65-27-34-15-17-53-47(56-34)38-6-5-18-59(38)42(60)16-23-68(3,4)63)32(24-35)25-41(50(61)62)67-48-44-43(37)46(69-49(44)55-29-54-48)31-7-9-33(52)10-8-31/h7-15,17,24,29,36,38,41H,5-6,16,18-23,25-28H2,1-4H3,(H,61,62)/t36-,38-,41-/m1/s1. The van der Waals surface area contributed by atoms with Gasteiger partial charge in [0.15, 0.2) is 5.82 Å². The summed E-state index contributed by atoms with van der Waals surface area (Å²) >= 11 is 8.59. The number of aliphatic carboxylic acids is 1. The number of amides is 1. The highest BCUT2D eigenvalue weighted by molar-refractivity contribution is 7.62. The van der Waals surface area contributed by atoms with Crippen LogP contribution in [0, 0.1) is 12.7 Å². The van der Waals surface area contributed by atoms with E-state index in [1.807, 2.05) is 19.1 Å². The predicted molar refractivity (Wildman–Crippen MR) is 263 cm³/mol. The number of likely N-dealkylation sites (tertiary alicyclic amines) is 1. The minimum absolute atomic E-state index is 0.00602. The number of carboxylic acid groups (broad SMARTS) is 1. The number of carbonyl (C=O) groups excluding carboxylic acids is 1. The number of thiophene rings is 1. The fourth-order valence-corrected chi connectivity index (χ4v) is 11.1. The smallest absolute Gasteiger partial charge is 0.345 e. The van der Waals surface area contributed by atoms with Crippen molar-refractivity contribution in [2.45, 2.75) is 57.5 Å². The van der Waals surface area contributed by atoms with Gasteiger partial charge in [0.1, 0.15) is 53.5 Å². The molecule has 0 unspecified atom stereocenters. The number of nitrogens with zero attached hydrogens (tertiary/aromatic N) is 7. The lowest BCUT2D eigenvalue weighted by Gasteiger charge is -2.34. The average Bonchev–Trinajstić information content (AvgIpc) is 3.98. The summed E-state index contributed by atoms with van der Waals surface area (Å²) in [5.41, 5.74) is 3.83. The van der Waals surface area contributed by atoms with Crippen LogP contribution in [0.4, 0.5) is 4.39 Å². The molecule has 0 radical (unpaired) electrons. The van der Waals surface area contributed by atoms with Crippen molar-refractivity contribution < 1.29 is 42.6 Å². The van der Waals surface area contributed by atoms with Gasteiger partial charge in [-0.1, -0.05) is 29.8 Å². The molecule has 4 aliphatic heterocycles. The molecule has 3 aromatic heterocycles. The molecule has 2 fully saturated rings. The lowest BCUT2D eigenvalue weighted by atomic mass is 9.96. The number of hydrogen-bond acceptors (Lipinski definition) is 14. The van der Waals surface area contributed by atoms with Crippen LogP contribution in [-0.2, 0) is 27.2 Å². The van der Waals surface area contributed by atoms with E-state index in [0.29, 0.717) is 97.5 Å². The molecule has 4 aliphatic rings. The van der Waals surface area contributed by atoms with E-state index >= 15 is 0 Å². The summed E-state index contributed by atoms with van der Waals surface area (Å²) in [5.74, 6) is 0.152. The molecule has 15 nitrogen and oxygen atoms in total. The Bertz CT molecular complexity index is 2910. The maximum Gasteiger partial charge on any atom is 0.345 e. The second-order valence-electron chi connectivity index (χ2n) is 18.3. The largest absolute Gasteiger partial charge is 0.490 e. The van der Waals surface area contributed by atoms with Gasteiger partial charge in [-0.2, -0.15) is 0 Å². The molecule has 4 bridgehead atoms. The third kappa shape index (κ3) is 11.2. The van der Waals surface area contributed by atoms with E-state index in [0.717, 1.165) is 37.5 Å². The van der Waals surface area contributed by atoms with Gasteiger partial charge in [-0.15, -0.1) is 11.3 Å². The Morgan fingerprint density at radius 2 is 1.80 bits per heavy atom. The van der Waals surface area contributed by atoms with Gasteiger partial charge in [0.2, 0.25) is 17.9 Å². The molecular weight excluding hydrogens is 944 g/mol. The molecule has 3 aromatic carbocycles. The minimum Gasteiger partial charge on any atom is -0.490 e. The maximum absolute atomic E-state index is 14.3. The minimum atomic E-state index is -2.36. The number of hydrogen-bond donors (Lipinski definition) is 1. The van der Waals surface area contributed by atoms with E-state index in [4.69, 9.17) is 35.5 Å². The average molecular weight is 999 g/mol. The first-order valence-electron chi connectivity index (χ1n) is 23.0. The molecule has 362 valence electrons. The number of carbonyl (C=O) groups is 2. The van der Waals surface area contributed by atoms with Gasteiger partial charge in [0.05, 0.1) is 29.3 Å². The molecule has 69 heavy (non-hydrogen) atoms. The summed E-state index contributed by atoms with van der Waals surface area (Å²) in [5, 5.41) is 11.7. The van der Waals surface area contributed by atoms with Gasteiger partial charge in [0.25, 0.3) is 0 Å². The number of aromatic nitrogens is 4. The fraction of sp³-hybridized carbons (Fsp3) is 0.400. The number of benzene rings is 3. The summed E-state index contributed by atoms with van der Waals surface area (Å²) in [6.07, 6.45) is 2.93. The van der Waals surface area contributed by atoms with E-state index in [2.05, 4.69) is 31.8 Å². The molecule has 1 amide bonds. The summed E-state index contributed by atoms with van der Waals surface area (Å²) < 4.78 is 52.9. The molecule has 1 N–H and O–H groups in total. The SMILES string of the molecule is Cc1c2ccc(c1Cl)O[C@H](CN1CCN(C)CC1)COc1ccc(OCc3ccnc([C@H]4CCCN4C(=O)CCP(C)(C)=O)n3)c(c1)C[C@H](C(=O)O)Oc1ncnc3sc(-c4ccc(F)cc4)c-2c13. The van der Waals surface area contributed by atoms with Crippen molar-refractivity contribution in [2.24, 2.45) is 0 Å². The van der Waals surface area contributed by atoms with Crippen LogP contribution in [0.2, 0.25) is 5.02 Å². The third-order valence-electron chi connectivity index (χ3n) is 12.8. The second-order valence-corrected chi connectivity index (χ2v) is 23.3. The first-order valence-corrected chi connectivity index (χ1v) is 27.0. The summed E-state index contributed by atoms with van der Waals surface area (Å²) in [6, 6.07) is 16.6. The first kappa shape index (κ1) is 48.3. The van der Waals surface area contributed by atoms with Gasteiger partial charge in [0, 0.05) is 80.5 Å². The Labute approximate surface area is 408 Å². The number of halogens is 2. The Kier molecular flexibility index (Phi) is 14.5. The lowest BCUT2D eigenvalue weighted by Crippen LogP contribution is -2.49. The van der Waals surface area contributed by atoms with Crippen LogP contribution in [0.25, 0.3) is 31.8 Å². The monoisotopic (exact) mass is 997 g/mol. The Morgan fingerprint density at radius 1 is 1.00 bits per heavy atom. The highest BCUT2D eigenvalue weighted by Crippen LogP contribution is 2.50. The Morgan fingerprint density at radius 3 is 2.57 bits per heavy atom. The predicted octanol–water partition coefficient (Wildman–Crippen LogP) is 8.63. The lowest BCUT2D eigenvalue weighted by molar-refractivity contribution is -0.145. The topological polar surface area (TPSA) is 170 Å². The number of fused-ring (bicyclic) bond motifs is 7. The van der Waals surface area contributed by atoms with Crippen molar-refractivity contribution in [2.75, 3.05) is 72.4 Å². The van der Waals surface area contributed by atoms with Crippen molar-refractivity contribution in [3.63, 3.8) is 0 Å². The molecule has 0 aliphatic carbocycles. The van der Waals surface area contributed by atoms with Crippen molar-refractivity contribution in [3.8, 4) is 44.7 Å². The van der Waals surface area contributed by atoms with Crippen LogP contribution in [0.1, 0.15) is 47.9 Å². The molecule has 3 atom stereocenters. The van der Waals surface area contributed by atoms with E-state index in [1.54, 1.807) is 60.8 Å². The molecular formula is C50H54ClFN7O8PS. The highest BCUT2D eigenvalue weighted by Gasteiger charge is 2.33. The van der Waals surface area contributed by atoms with Crippen LogP contribution in [0.5, 0.6) is 23.1 Å². The number of ether oxygens (including phenoxy) is 4. The third-order valence-corrected chi connectivity index (χ3v) is 15.7. The van der Waals surface area contributed by atoms with E-state index in [1.165, 1.54) is 29.8 Å². The van der Waals surface area contributed by atoms with Crippen molar-refractivity contribution in [1.82, 2.24) is 34.6 Å². The highest BCUT2D eigenvalue weighted by atomic mass is 35.5. The van der Waals surface area contributed by atoms with Crippen LogP contribution in [0.3, 0.4) is 0 Å². The van der Waals surface area contributed by atoms with Crippen LogP contribution < -0.4 is 18.9 Å². The van der Waals surface area contributed by atoms with E-state index in [9.17, 15) is 23.7 Å². The summed E-state index contributed by atoms with van der Waals surface area (Å²) in [7, 11) is -0.259. The van der Waals surface area contributed by atoms with Gasteiger partial charge < -0.3 is 38.4 Å². The zero-order valence-electron chi connectivity index (χ0n) is 38.9. The molecule has 0 saturated carbocycles. The first-order chi connectivity index (χ1) is 33.2. The second kappa shape index (κ2) is 20.7. The van der Waals surface area contributed by atoms with Crippen LogP contribution in [0.15, 0.2) is 73.2 Å². The van der Waals surface area contributed by atoms with E-state index < -0.39 is 25.3 Å². The molecule has 7 heterocycles. The van der Waals surface area contributed by atoms with Gasteiger partial charge in [-0.3, -0.25) is 9.69 Å². The number of rotatable bonds is 11.